The molecule has 2 rings (SSSR count). The van der Waals surface area contributed by atoms with Crippen molar-refractivity contribution in [3.05, 3.63) is 0 Å². The largest absolute Gasteiger partial charge is 0.0651 e. The Morgan fingerprint density at radius 1 is 1.06 bits per heavy atom. The van der Waals surface area contributed by atoms with Gasteiger partial charge in [0, 0.05) is 0 Å². The molecule has 0 aromatic rings. The number of hydrogen-bond acceptors (Lipinski definition) is 0. The molecule has 0 heteroatoms. The summed E-state index contributed by atoms with van der Waals surface area (Å²) in [5, 5.41) is 0. The Morgan fingerprint density at radius 3 is 1.94 bits per heavy atom. The third-order valence-corrected chi connectivity index (χ3v) is 7.40. The van der Waals surface area contributed by atoms with Gasteiger partial charge < -0.3 is 0 Å². The molecular weight excluding hydrogens is 216 g/mol. The van der Waals surface area contributed by atoms with Gasteiger partial charge in [0.2, 0.25) is 0 Å². The highest BCUT2D eigenvalue weighted by Gasteiger charge is 2.61. The number of hydrogen-bond donors (Lipinski definition) is 0. The Bertz CT molecular complexity index is 276. The third kappa shape index (κ3) is 1.63. The van der Waals surface area contributed by atoms with E-state index >= 15 is 0 Å². The molecule has 0 nitrogen and oxygen atoms in total. The molecular formula is C18H34. The predicted molar refractivity (Wildman–Crippen MR) is 80.4 cm³/mol. The minimum Gasteiger partial charge on any atom is -0.0651 e. The quantitative estimate of drug-likeness (QED) is 0.607. The Morgan fingerprint density at radius 2 is 1.61 bits per heavy atom. The summed E-state index contributed by atoms with van der Waals surface area (Å²) >= 11 is 0. The van der Waals surface area contributed by atoms with E-state index in [0.717, 1.165) is 41.4 Å². The van der Waals surface area contributed by atoms with E-state index in [1.807, 2.05) is 0 Å². The summed E-state index contributed by atoms with van der Waals surface area (Å²) < 4.78 is 0. The first-order chi connectivity index (χ1) is 8.41. The van der Waals surface area contributed by atoms with Gasteiger partial charge in [-0.3, -0.25) is 0 Å². The third-order valence-electron chi connectivity index (χ3n) is 7.40. The van der Waals surface area contributed by atoms with Gasteiger partial charge in [0.25, 0.3) is 0 Å². The first-order valence-corrected chi connectivity index (χ1v) is 8.41. The van der Waals surface area contributed by atoms with E-state index < -0.39 is 0 Å². The molecule has 2 fully saturated rings. The average Bonchev–Trinajstić information content (AvgIpc) is 2.29. The fraction of sp³-hybridized carbons (Fsp3) is 1.00. The van der Waals surface area contributed by atoms with Crippen LogP contribution in [0.4, 0.5) is 0 Å². The van der Waals surface area contributed by atoms with Crippen LogP contribution in [-0.4, -0.2) is 0 Å². The van der Waals surface area contributed by atoms with Crippen LogP contribution in [0.1, 0.15) is 67.7 Å². The molecule has 0 aromatic carbocycles. The monoisotopic (exact) mass is 250 g/mol. The van der Waals surface area contributed by atoms with Crippen LogP contribution in [0.25, 0.3) is 0 Å². The molecule has 0 aromatic heterocycles. The summed E-state index contributed by atoms with van der Waals surface area (Å²) in [5.74, 6) is 6.81. The van der Waals surface area contributed by atoms with Crippen molar-refractivity contribution in [3.8, 4) is 0 Å². The lowest BCUT2D eigenvalue weighted by Crippen LogP contribution is -2.61. The summed E-state index contributed by atoms with van der Waals surface area (Å²) in [4.78, 5) is 0. The van der Waals surface area contributed by atoms with Crippen molar-refractivity contribution in [3.63, 3.8) is 0 Å². The van der Waals surface area contributed by atoms with Crippen molar-refractivity contribution in [1.29, 1.82) is 0 Å². The van der Waals surface area contributed by atoms with Crippen molar-refractivity contribution >= 4 is 0 Å². The maximum Gasteiger partial charge on any atom is -0.0220 e. The summed E-state index contributed by atoms with van der Waals surface area (Å²) in [7, 11) is 0. The van der Waals surface area contributed by atoms with Gasteiger partial charge in [-0.25, -0.2) is 0 Å². The van der Waals surface area contributed by atoms with Crippen LogP contribution in [0.3, 0.4) is 0 Å². The van der Waals surface area contributed by atoms with Crippen molar-refractivity contribution in [2.24, 2.45) is 46.8 Å². The molecule has 106 valence electrons. The second kappa shape index (κ2) is 4.84. The van der Waals surface area contributed by atoms with Gasteiger partial charge >= 0.3 is 0 Å². The molecule has 2 saturated carbocycles. The summed E-state index contributed by atoms with van der Waals surface area (Å²) in [6.45, 7) is 17.3. The standard InChI is InChI=1S/C18H34/c1-8-15-13(6)17(14(15)7)16-10-12(5)18(16,9-2)11(3)4/h11-17H,8-10H2,1-7H3. The van der Waals surface area contributed by atoms with Gasteiger partial charge in [-0.2, -0.15) is 0 Å². The normalized spacial score (nSPS) is 52.0. The fourth-order valence-corrected chi connectivity index (χ4v) is 6.42. The van der Waals surface area contributed by atoms with Gasteiger partial charge in [-0.15, -0.1) is 0 Å². The zero-order chi connectivity index (χ0) is 13.7. The molecule has 0 bridgehead atoms. The van der Waals surface area contributed by atoms with E-state index in [2.05, 4.69) is 48.5 Å². The van der Waals surface area contributed by atoms with Crippen molar-refractivity contribution in [2.75, 3.05) is 0 Å². The molecule has 0 radical (unpaired) electrons. The lowest BCUT2D eigenvalue weighted by molar-refractivity contribution is -0.185. The van der Waals surface area contributed by atoms with E-state index in [9.17, 15) is 0 Å². The molecule has 0 saturated heterocycles. The highest BCUT2D eigenvalue weighted by atomic mass is 14.7. The highest BCUT2D eigenvalue weighted by Crippen LogP contribution is 2.67. The molecule has 2 aliphatic carbocycles. The van der Waals surface area contributed by atoms with E-state index in [1.165, 1.54) is 19.3 Å². The molecule has 18 heavy (non-hydrogen) atoms. The van der Waals surface area contributed by atoms with E-state index in [1.54, 1.807) is 0 Å². The molecule has 5 atom stereocenters. The van der Waals surface area contributed by atoms with E-state index in [0.29, 0.717) is 5.41 Å². The molecule has 0 spiro atoms. The summed E-state index contributed by atoms with van der Waals surface area (Å²) in [5.41, 5.74) is 0.659. The van der Waals surface area contributed by atoms with Gasteiger partial charge in [0.1, 0.15) is 0 Å². The molecule has 0 heterocycles. The Balaban J connectivity index is 2.16. The van der Waals surface area contributed by atoms with Gasteiger partial charge in [0.05, 0.1) is 0 Å². The molecule has 0 aliphatic heterocycles. The molecule has 2 aliphatic rings. The lowest BCUT2D eigenvalue weighted by Gasteiger charge is -2.67. The predicted octanol–water partition coefficient (Wildman–Crippen LogP) is 5.62. The van der Waals surface area contributed by atoms with Gasteiger partial charge in [0.15, 0.2) is 0 Å². The second-order valence-electron chi connectivity index (χ2n) is 7.73. The number of rotatable bonds is 4. The van der Waals surface area contributed by atoms with Crippen LogP contribution in [0.5, 0.6) is 0 Å². The average molecular weight is 250 g/mol. The fourth-order valence-electron chi connectivity index (χ4n) is 6.42. The van der Waals surface area contributed by atoms with Crippen LogP contribution in [0.15, 0.2) is 0 Å². The molecule has 5 unspecified atom stereocenters. The van der Waals surface area contributed by atoms with Crippen LogP contribution in [0, 0.1) is 46.8 Å². The SMILES string of the molecule is CCC1C(C)C(C2CC(C)C2(CC)C(C)C)C1C. The Hall–Kier alpha value is 0. The van der Waals surface area contributed by atoms with Crippen molar-refractivity contribution in [2.45, 2.75) is 67.7 Å². The van der Waals surface area contributed by atoms with Crippen molar-refractivity contribution in [1.82, 2.24) is 0 Å². The van der Waals surface area contributed by atoms with Crippen molar-refractivity contribution < 1.29 is 0 Å². The Labute approximate surface area is 115 Å². The van der Waals surface area contributed by atoms with Crippen LogP contribution in [0.2, 0.25) is 0 Å². The van der Waals surface area contributed by atoms with Gasteiger partial charge in [-0.05, 0) is 59.7 Å². The van der Waals surface area contributed by atoms with Gasteiger partial charge in [-0.1, -0.05) is 54.9 Å². The summed E-state index contributed by atoms with van der Waals surface area (Å²) in [6.07, 6.45) is 4.28. The second-order valence-corrected chi connectivity index (χ2v) is 7.73. The van der Waals surface area contributed by atoms with E-state index in [-0.39, 0.29) is 0 Å². The summed E-state index contributed by atoms with van der Waals surface area (Å²) in [6, 6.07) is 0. The first kappa shape index (κ1) is 14.4. The molecule has 0 amide bonds. The zero-order valence-corrected chi connectivity index (χ0v) is 13.7. The molecule has 0 N–H and O–H groups in total. The smallest absolute Gasteiger partial charge is 0.0220 e. The maximum absolute atomic E-state index is 2.53. The van der Waals surface area contributed by atoms with E-state index in [4.69, 9.17) is 0 Å². The zero-order valence-electron chi connectivity index (χ0n) is 13.7. The minimum absolute atomic E-state index is 0.659. The minimum atomic E-state index is 0.659. The first-order valence-electron chi connectivity index (χ1n) is 8.41. The van der Waals surface area contributed by atoms with Crippen LogP contribution < -0.4 is 0 Å². The lowest BCUT2D eigenvalue weighted by atomic mass is 9.38. The van der Waals surface area contributed by atoms with Crippen LogP contribution in [-0.2, 0) is 0 Å². The maximum atomic E-state index is 2.53. The van der Waals surface area contributed by atoms with Crippen LogP contribution >= 0.6 is 0 Å². The topological polar surface area (TPSA) is 0 Å². The Kier molecular flexibility index (Phi) is 3.87. The highest BCUT2D eigenvalue weighted by molar-refractivity contribution is 5.09.